The highest BCUT2D eigenvalue weighted by atomic mass is 35.5. The summed E-state index contributed by atoms with van der Waals surface area (Å²) in [6, 6.07) is 7.06. The number of carbonyl (C=O) groups excluding carboxylic acids is 1. The molecule has 124 valence electrons. The first-order chi connectivity index (χ1) is 11.6. The van der Waals surface area contributed by atoms with Gasteiger partial charge in [0.25, 0.3) is 5.91 Å². The molecule has 4 rings (SSSR count). The van der Waals surface area contributed by atoms with Crippen LogP contribution in [0.1, 0.15) is 22.3 Å². The molecule has 0 bridgehead atoms. The molecule has 1 spiro atoms. The zero-order chi connectivity index (χ0) is 16.6. The number of halogens is 1. The number of aromatic nitrogens is 2. The second-order valence-corrected chi connectivity index (χ2v) is 7.19. The number of likely N-dealkylation sites (tertiary alicyclic amines) is 1. The van der Waals surface area contributed by atoms with Crippen molar-refractivity contribution in [1.29, 1.82) is 0 Å². The Labute approximate surface area is 145 Å². The van der Waals surface area contributed by atoms with Crippen molar-refractivity contribution in [2.45, 2.75) is 18.9 Å². The topological polar surface area (TPSA) is 55.3 Å². The van der Waals surface area contributed by atoms with Crippen molar-refractivity contribution < 1.29 is 9.53 Å². The number of ether oxygens (including phenoxy) is 1. The molecule has 3 heterocycles. The minimum atomic E-state index is 0.0669. The summed E-state index contributed by atoms with van der Waals surface area (Å²) in [5.74, 6) is 0.0669. The van der Waals surface area contributed by atoms with E-state index in [0.29, 0.717) is 10.6 Å². The van der Waals surface area contributed by atoms with Gasteiger partial charge in [-0.25, -0.2) is 9.97 Å². The highest BCUT2D eigenvalue weighted by molar-refractivity contribution is 6.30. The van der Waals surface area contributed by atoms with Gasteiger partial charge < -0.3 is 9.64 Å². The normalized spacial score (nSPS) is 21.7. The van der Waals surface area contributed by atoms with E-state index in [9.17, 15) is 4.79 Å². The lowest BCUT2D eigenvalue weighted by Gasteiger charge is -2.47. The average Bonchev–Trinajstić information content (AvgIpc) is 2.99. The lowest BCUT2D eigenvalue weighted by atomic mass is 9.77. The Morgan fingerprint density at radius 3 is 2.67 bits per heavy atom. The lowest BCUT2D eigenvalue weighted by molar-refractivity contribution is -0.00134. The molecule has 2 fully saturated rings. The fraction of sp³-hybridized carbons (Fsp3) is 0.389. The SMILES string of the molecule is O=C(c1ccc(Cl)cc1)N1CC2(CO[C@@H](Cc3cncnc3)C2)C1. The van der Waals surface area contributed by atoms with Gasteiger partial charge in [0.15, 0.2) is 0 Å². The van der Waals surface area contributed by atoms with Crippen molar-refractivity contribution in [3.05, 3.63) is 59.1 Å². The van der Waals surface area contributed by atoms with Crippen LogP contribution in [0.4, 0.5) is 0 Å². The van der Waals surface area contributed by atoms with E-state index in [2.05, 4.69) is 9.97 Å². The van der Waals surface area contributed by atoms with Crippen molar-refractivity contribution in [2.75, 3.05) is 19.7 Å². The molecule has 1 aromatic carbocycles. The second-order valence-electron chi connectivity index (χ2n) is 6.76. The van der Waals surface area contributed by atoms with Crippen molar-refractivity contribution >= 4 is 17.5 Å². The Balaban J connectivity index is 1.33. The molecular weight excluding hydrogens is 326 g/mol. The third-order valence-electron chi connectivity index (χ3n) is 4.79. The van der Waals surface area contributed by atoms with E-state index in [1.165, 1.54) is 6.33 Å². The number of carbonyl (C=O) groups is 1. The molecule has 1 atom stereocenters. The summed E-state index contributed by atoms with van der Waals surface area (Å²) in [5.41, 5.74) is 1.89. The van der Waals surface area contributed by atoms with Crippen molar-refractivity contribution in [3.63, 3.8) is 0 Å². The fourth-order valence-corrected chi connectivity index (χ4v) is 3.75. The third-order valence-corrected chi connectivity index (χ3v) is 5.05. The molecule has 1 amide bonds. The number of rotatable bonds is 3. The molecule has 0 unspecified atom stereocenters. The first kappa shape index (κ1) is 15.5. The summed E-state index contributed by atoms with van der Waals surface area (Å²) in [4.78, 5) is 22.5. The molecule has 2 aliphatic heterocycles. The van der Waals surface area contributed by atoms with Crippen LogP contribution in [-0.4, -0.2) is 46.6 Å². The Morgan fingerprint density at radius 1 is 1.25 bits per heavy atom. The zero-order valence-electron chi connectivity index (χ0n) is 13.2. The zero-order valence-corrected chi connectivity index (χ0v) is 13.9. The predicted octanol–water partition coefficient (Wildman–Crippen LogP) is 2.60. The maximum atomic E-state index is 12.5. The molecule has 5 nitrogen and oxygen atoms in total. The summed E-state index contributed by atoms with van der Waals surface area (Å²) in [5, 5.41) is 0.642. The van der Waals surface area contributed by atoms with Crippen molar-refractivity contribution in [2.24, 2.45) is 5.41 Å². The van der Waals surface area contributed by atoms with Gasteiger partial charge in [-0.2, -0.15) is 0 Å². The van der Waals surface area contributed by atoms with Crippen LogP contribution in [0, 0.1) is 5.41 Å². The fourth-order valence-electron chi connectivity index (χ4n) is 3.63. The Morgan fingerprint density at radius 2 is 1.96 bits per heavy atom. The van der Waals surface area contributed by atoms with Crippen LogP contribution < -0.4 is 0 Å². The quantitative estimate of drug-likeness (QED) is 0.859. The Bertz CT molecular complexity index is 730. The molecule has 24 heavy (non-hydrogen) atoms. The van der Waals surface area contributed by atoms with Crippen LogP contribution in [0.5, 0.6) is 0 Å². The molecule has 2 aliphatic rings. The molecule has 1 aromatic heterocycles. The summed E-state index contributed by atoms with van der Waals surface area (Å²) in [6.07, 6.45) is 7.19. The van der Waals surface area contributed by atoms with Crippen molar-refractivity contribution in [1.82, 2.24) is 14.9 Å². The third kappa shape index (κ3) is 3.01. The summed E-state index contributed by atoms with van der Waals surface area (Å²) in [7, 11) is 0. The number of nitrogens with zero attached hydrogens (tertiary/aromatic N) is 3. The summed E-state index contributed by atoms with van der Waals surface area (Å²) >= 11 is 5.87. The number of amides is 1. The van der Waals surface area contributed by atoms with Crippen molar-refractivity contribution in [3.8, 4) is 0 Å². The molecule has 0 radical (unpaired) electrons. The maximum Gasteiger partial charge on any atom is 0.253 e. The molecule has 6 heteroatoms. The molecule has 2 saturated heterocycles. The van der Waals surface area contributed by atoms with E-state index in [-0.39, 0.29) is 17.4 Å². The van der Waals surface area contributed by atoms with Crippen LogP contribution in [0.15, 0.2) is 43.0 Å². The smallest absolute Gasteiger partial charge is 0.253 e. The minimum absolute atomic E-state index is 0.0669. The van der Waals surface area contributed by atoms with E-state index >= 15 is 0 Å². The van der Waals surface area contributed by atoms with Gasteiger partial charge in [0, 0.05) is 47.9 Å². The monoisotopic (exact) mass is 343 g/mol. The van der Waals surface area contributed by atoms with Gasteiger partial charge in [0.05, 0.1) is 12.7 Å². The van der Waals surface area contributed by atoms with Gasteiger partial charge in [0.1, 0.15) is 6.33 Å². The highest BCUT2D eigenvalue weighted by Crippen LogP contribution is 2.42. The van der Waals surface area contributed by atoms with Gasteiger partial charge >= 0.3 is 0 Å². The standard InChI is InChI=1S/C18H18ClN3O2/c19-15-3-1-14(2-4-15)17(23)22-9-18(10-22)6-16(24-11-18)5-13-7-20-12-21-8-13/h1-4,7-8,12,16H,5-6,9-11H2/t16-/m0/s1. The maximum absolute atomic E-state index is 12.5. The molecule has 2 aromatic rings. The summed E-state index contributed by atoms with van der Waals surface area (Å²) < 4.78 is 5.95. The van der Waals surface area contributed by atoms with Gasteiger partial charge in [-0.05, 0) is 36.2 Å². The molecule has 0 saturated carbocycles. The lowest BCUT2D eigenvalue weighted by Crippen LogP contribution is -2.58. The van der Waals surface area contributed by atoms with E-state index in [0.717, 1.165) is 38.1 Å². The van der Waals surface area contributed by atoms with Crippen LogP contribution >= 0.6 is 11.6 Å². The number of benzene rings is 1. The average molecular weight is 344 g/mol. The minimum Gasteiger partial charge on any atom is -0.377 e. The van der Waals surface area contributed by atoms with Crippen LogP contribution in [0.2, 0.25) is 5.02 Å². The van der Waals surface area contributed by atoms with Gasteiger partial charge in [-0.3, -0.25) is 4.79 Å². The van der Waals surface area contributed by atoms with E-state index in [1.807, 2.05) is 17.3 Å². The first-order valence-corrected chi connectivity index (χ1v) is 8.42. The number of hydrogen-bond acceptors (Lipinski definition) is 4. The summed E-state index contributed by atoms with van der Waals surface area (Å²) in [6.45, 7) is 2.24. The molecule has 0 N–H and O–H groups in total. The first-order valence-electron chi connectivity index (χ1n) is 8.04. The largest absolute Gasteiger partial charge is 0.377 e. The van der Waals surface area contributed by atoms with E-state index in [1.54, 1.807) is 24.3 Å². The number of hydrogen-bond donors (Lipinski definition) is 0. The molecule has 0 aliphatic carbocycles. The van der Waals surface area contributed by atoms with E-state index in [4.69, 9.17) is 16.3 Å². The Kier molecular flexibility index (Phi) is 3.98. The second kappa shape index (κ2) is 6.15. The van der Waals surface area contributed by atoms with E-state index < -0.39 is 0 Å². The van der Waals surface area contributed by atoms with Crippen LogP contribution in [0.3, 0.4) is 0 Å². The van der Waals surface area contributed by atoms with Gasteiger partial charge in [-0.1, -0.05) is 11.6 Å². The Hall–Kier alpha value is -1.98. The van der Waals surface area contributed by atoms with Gasteiger partial charge in [0.2, 0.25) is 0 Å². The van der Waals surface area contributed by atoms with Crippen LogP contribution in [-0.2, 0) is 11.2 Å². The van der Waals surface area contributed by atoms with Gasteiger partial charge in [-0.15, -0.1) is 0 Å². The molecular formula is C18H18ClN3O2. The highest BCUT2D eigenvalue weighted by Gasteiger charge is 2.50. The predicted molar refractivity (Wildman–Crippen MR) is 89.9 cm³/mol. The van der Waals surface area contributed by atoms with Crippen LogP contribution in [0.25, 0.3) is 0 Å².